The highest BCUT2D eigenvalue weighted by Crippen LogP contribution is 2.38. The summed E-state index contributed by atoms with van der Waals surface area (Å²) in [4.78, 5) is 23.2. The number of anilines is 1. The first-order valence-corrected chi connectivity index (χ1v) is 9.59. The molecule has 2 N–H and O–H groups in total. The van der Waals surface area contributed by atoms with Crippen LogP contribution in [-0.2, 0) is 19.6 Å². The topological polar surface area (TPSA) is 110 Å². The van der Waals surface area contributed by atoms with E-state index in [0.29, 0.717) is 14.6 Å². The Morgan fingerprint density at radius 1 is 1.27 bits per heavy atom. The van der Waals surface area contributed by atoms with Gasteiger partial charge in [0.25, 0.3) is 10.1 Å². The molecule has 0 aliphatic carbocycles. The molecule has 0 heterocycles. The summed E-state index contributed by atoms with van der Waals surface area (Å²) in [5.41, 5.74) is 0.403. The minimum absolute atomic E-state index is 0.0716. The summed E-state index contributed by atoms with van der Waals surface area (Å²) >= 11 is 9.64. The molecule has 0 radical (unpaired) electrons. The molecule has 0 saturated carbocycles. The minimum atomic E-state index is -4.22. The number of carbonyl (C=O) groups excluding carboxylic acids is 2. The fourth-order valence-corrected chi connectivity index (χ4v) is 4.32. The van der Waals surface area contributed by atoms with Crippen LogP contribution in [0.3, 0.4) is 0 Å². The Balaban J connectivity index is 3.08. The Bertz CT molecular complexity index is 719. The predicted octanol–water partition coefficient (Wildman–Crippen LogP) is 2.98. The highest BCUT2D eigenvalue weighted by atomic mass is 79.9. The van der Waals surface area contributed by atoms with Gasteiger partial charge in [-0.05, 0) is 53.9 Å². The molecule has 0 bridgehead atoms. The van der Waals surface area contributed by atoms with Crippen LogP contribution in [0.2, 0.25) is 0 Å². The molecule has 1 aromatic rings. The zero-order chi connectivity index (χ0) is 17.1. The second-order valence-corrected chi connectivity index (χ2v) is 8.08. The summed E-state index contributed by atoms with van der Waals surface area (Å²) in [5.74, 6) is -1.86. The molecule has 11 heteroatoms. The average Bonchev–Trinajstić information content (AvgIpc) is 2.32. The summed E-state index contributed by atoms with van der Waals surface area (Å²) in [7, 11) is -4.22. The van der Waals surface area contributed by atoms with E-state index in [1.165, 1.54) is 13.0 Å². The van der Waals surface area contributed by atoms with Crippen LogP contribution in [0.15, 0.2) is 19.5 Å². The van der Waals surface area contributed by atoms with Gasteiger partial charge in [-0.25, -0.2) is 4.79 Å². The molecule has 0 spiro atoms. The van der Waals surface area contributed by atoms with Crippen LogP contribution in [0.1, 0.15) is 17.3 Å². The average molecular weight is 524 g/mol. The van der Waals surface area contributed by atoms with E-state index in [1.807, 2.05) is 0 Å². The number of nitrogens with one attached hydrogen (secondary N) is 1. The van der Waals surface area contributed by atoms with Crippen molar-refractivity contribution < 1.29 is 27.3 Å². The summed E-state index contributed by atoms with van der Waals surface area (Å²) in [6, 6.07) is 1.54. The Labute approximate surface area is 151 Å². The maximum atomic E-state index is 12.0. The van der Waals surface area contributed by atoms with Gasteiger partial charge in [-0.1, -0.05) is 0 Å². The molecule has 0 unspecified atom stereocenters. The van der Waals surface area contributed by atoms with Crippen molar-refractivity contribution in [2.45, 2.75) is 6.92 Å². The quantitative estimate of drug-likeness (QED) is 0.453. The Hall–Kier alpha value is -0.490. The molecule has 0 fully saturated rings. The van der Waals surface area contributed by atoms with Crippen molar-refractivity contribution in [2.75, 3.05) is 17.7 Å². The third kappa shape index (κ3) is 5.61. The molecule has 122 valence electrons. The first-order valence-electron chi connectivity index (χ1n) is 5.60. The fraction of sp³-hybridized carbons (Fsp3) is 0.273. The monoisotopic (exact) mass is 521 g/mol. The molecule has 7 nitrogen and oxygen atoms in total. The van der Waals surface area contributed by atoms with Gasteiger partial charge in [0.1, 0.15) is 12.4 Å². The molecular weight excluding hydrogens is 514 g/mol. The lowest BCUT2D eigenvalue weighted by molar-refractivity contribution is -0.114. The largest absolute Gasteiger partial charge is 0.461 e. The van der Waals surface area contributed by atoms with E-state index in [1.54, 1.807) is 0 Å². The van der Waals surface area contributed by atoms with Crippen LogP contribution in [0.4, 0.5) is 5.69 Å². The Kier molecular flexibility index (Phi) is 6.99. The van der Waals surface area contributed by atoms with Gasteiger partial charge in [-0.15, -0.1) is 0 Å². The Morgan fingerprint density at radius 3 is 2.36 bits per heavy atom. The smallest absolute Gasteiger partial charge is 0.340 e. The third-order valence-electron chi connectivity index (χ3n) is 2.25. The molecule has 0 atom stereocenters. The number of amides is 1. The van der Waals surface area contributed by atoms with E-state index in [9.17, 15) is 18.0 Å². The molecular formula is C11H10Br3NO6S. The van der Waals surface area contributed by atoms with Crippen molar-refractivity contribution >= 4 is 75.5 Å². The van der Waals surface area contributed by atoms with Crippen molar-refractivity contribution in [3.05, 3.63) is 25.0 Å². The van der Waals surface area contributed by atoms with Crippen molar-refractivity contribution in [1.82, 2.24) is 0 Å². The van der Waals surface area contributed by atoms with Gasteiger partial charge < -0.3 is 10.1 Å². The fourth-order valence-electron chi connectivity index (χ4n) is 1.38. The summed E-state index contributed by atoms with van der Waals surface area (Å²) in [6.45, 7) is 0.813. The van der Waals surface area contributed by atoms with E-state index in [4.69, 9.17) is 9.29 Å². The van der Waals surface area contributed by atoms with Crippen LogP contribution in [-0.4, -0.2) is 37.2 Å². The maximum absolute atomic E-state index is 12.0. The van der Waals surface area contributed by atoms with Crippen LogP contribution in [0, 0.1) is 0 Å². The summed E-state index contributed by atoms with van der Waals surface area (Å²) in [5, 5.41) is 2.55. The number of rotatable bonds is 5. The standard InChI is InChI=1S/C11H10Br3NO6S/c1-5(16)15-10-7(13)4-6(12)8(9(10)14)11(17)21-2-3-22(18,19)20/h4H,2-3H2,1H3,(H,15,16)(H,18,19,20). The molecule has 0 aliphatic heterocycles. The number of hydrogen-bond acceptors (Lipinski definition) is 5. The second-order valence-electron chi connectivity index (χ2n) is 4.01. The van der Waals surface area contributed by atoms with Gasteiger partial charge in [0.15, 0.2) is 0 Å². The van der Waals surface area contributed by atoms with Gasteiger partial charge >= 0.3 is 5.97 Å². The number of ether oxygens (including phenoxy) is 1. The molecule has 1 aromatic carbocycles. The first kappa shape index (κ1) is 19.6. The molecule has 0 saturated heterocycles. The predicted molar refractivity (Wildman–Crippen MR) is 90.5 cm³/mol. The highest BCUT2D eigenvalue weighted by molar-refractivity contribution is 9.11. The molecule has 1 rings (SSSR count). The minimum Gasteiger partial charge on any atom is -0.461 e. The number of hydrogen-bond donors (Lipinski definition) is 2. The van der Waals surface area contributed by atoms with Crippen molar-refractivity contribution in [3.63, 3.8) is 0 Å². The summed E-state index contributed by atoms with van der Waals surface area (Å²) < 4.78 is 35.7. The molecule has 22 heavy (non-hydrogen) atoms. The SMILES string of the molecule is CC(=O)Nc1c(Br)cc(Br)c(C(=O)OCCS(=O)(=O)O)c1Br. The van der Waals surface area contributed by atoms with Gasteiger partial charge in [0.2, 0.25) is 5.91 Å². The van der Waals surface area contributed by atoms with Gasteiger partial charge in [0.05, 0.1) is 15.7 Å². The van der Waals surface area contributed by atoms with E-state index in [0.717, 1.165) is 0 Å². The normalized spacial score (nSPS) is 11.1. The lowest BCUT2D eigenvalue weighted by Crippen LogP contribution is -2.16. The molecule has 0 aromatic heterocycles. The molecule has 1 amide bonds. The van der Waals surface area contributed by atoms with Gasteiger partial charge in [-0.3, -0.25) is 9.35 Å². The lowest BCUT2D eigenvalue weighted by atomic mass is 10.2. The van der Waals surface area contributed by atoms with Crippen molar-refractivity contribution in [3.8, 4) is 0 Å². The van der Waals surface area contributed by atoms with Crippen LogP contribution in [0.5, 0.6) is 0 Å². The van der Waals surface area contributed by atoms with E-state index >= 15 is 0 Å². The lowest BCUT2D eigenvalue weighted by Gasteiger charge is -2.14. The first-order chi connectivity index (χ1) is 10.0. The zero-order valence-electron chi connectivity index (χ0n) is 11.0. The van der Waals surface area contributed by atoms with Gasteiger partial charge in [0, 0.05) is 15.9 Å². The number of benzene rings is 1. The second kappa shape index (κ2) is 7.86. The van der Waals surface area contributed by atoms with E-state index in [-0.39, 0.29) is 15.9 Å². The van der Waals surface area contributed by atoms with E-state index < -0.39 is 28.4 Å². The van der Waals surface area contributed by atoms with Crippen LogP contribution in [0.25, 0.3) is 0 Å². The Morgan fingerprint density at radius 2 is 1.86 bits per heavy atom. The summed E-state index contributed by atoms with van der Waals surface area (Å²) in [6.07, 6.45) is 0. The highest BCUT2D eigenvalue weighted by Gasteiger charge is 2.22. The van der Waals surface area contributed by atoms with Crippen molar-refractivity contribution in [2.24, 2.45) is 0 Å². The maximum Gasteiger partial charge on any atom is 0.340 e. The number of carbonyl (C=O) groups is 2. The van der Waals surface area contributed by atoms with E-state index in [2.05, 4.69) is 53.1 Å². The number of halogens is 3. The van der Waals surface area contributed by atoms with Crippen LogP contribution >= 0.6 is 47.8 Å². The molecule has 0 aliphatic rings. The third-order valence-corrected chi connectivity index (χ3v) is 4.98. The zero-order valence-corrected chi connectivity index (χ0v) is 16.6. The van der Waals surface area contributed by atoms with Gasteiger partial charge in [-0.2, -0.15) is 8.42 Å². The van der Waals surface area contributed by atoms with Crippen molar-refractivity contribution in [1.29, 1.82) is 0 Å². The number of esters is 1. The van der Waals surface area contributed by atoms with Crippen LogP contribution < -0.4 is 5.32 Å².